The second-order valence-electron chi connectivity index (χ2n) is 5.24. The monoisotopic (exact) mass is 314 g/mol. The van der Waals surface area contributed by atoms with Gasteiger partial charge in [-0.25, -0.2) is 9.59 Å². The lowest BCUT2D eigenvalue weighted by Crippen LogP contribution is -2.48. The number of hydrogen-bond acceptors (Lipinski definition) is 6. The normalized spacial score (nSPS) is 15.4. The molecule has 0 aromatic carbocycles. The Bertz CT molecular complexity index is 362. The quantitative estimate of drug-likeness (QED) is 0.497. The molecule has 1 aliphatic rings. The van der Waals surface area contributed by atoms with Gasteiger partial charge in [0.1, 0.15) is 0 Å². The van der Waals surface area contributed by atoms with Crippen molar-refractivity contribution in [1.29, 1.82) is 0 Å². The third kappa shape index (κ3) is 6.43. The summed E-state index contributed by atoms with van der Waals surface area (Å²) in [6.07, 6.45) is 3.14. The number of esters is 2. The van der Waals surface area contributed by atoms with E-state index in [1.54, 1.807) is 13.8 Å². The molecule has 0 aromatic rings. The van der Waals surface area contributed by atoms with Crippen molar-refractivity contribution in [3.63, 3.8) is 0 Å². The minimum absolute atomic E-state index is 0.139. The molecule has 22 heavy (non-hydrogen) atoms. The van der Waals surface area contributed by atoms with Crippen LogP contribution in [0.2, 0.25) is 0 Å². The molecule has 7 nitrogen and oxygen atoms in total. The van der Waals surface area contributed by atoms with E-state index in [9.17, 15) is 14.4 Å². The number of piperidine rings is 1. The van der Waals surface area contributed by atoms with Crippen LogP contribution in [0.5, 0.6) is 0 Å². The third-order valence-electron chi connectivity index (χ3n) is 3.59. The lowest BCUT2D eigenvalue weighted by atomic mass is 9.93. The molecule has 1 aliphatic heterocycles. The second-order valence-corrected chi connectivity index (χ2v) is 5.24. The summed E-state index contributed by atoms with van der Waals surface area (Å²) in [5.41, 5.74) is 0. The number of ether oxygens (including phenoxy) is 2. The van der Waals surface area contributed by atoms with Crippen LogP contribution in [0.1, 0.15) is 39.5 Å². The first-order chi connectivity index (χ1) is 10.6. The summed E-state index contributed by atoms with van der Waals surface area (Å²) < 4.78 is 9.61. The van der Waals surface area contributed by atoms with Gasteiger partial charge < -0.3 is 20.1 Å². The summed E-state index contributed by atoms with van der Waals surface area (Å²) in [5, 5.41) is 5.69. The van der Waals surface area contributed by atoms with Gasteiger partial charge in [0.15, 0.2) is 0 Å². The minimum Gasteiger partial charge on any atom is -0.464 e. The molecule has 0 spiro atoms. The van der Waals surface area contributed by atoms with E-state index < -0.39 is 18.0 Å². The minimum atomic E-state index is -1.37. The molecule has 7 heteroatoms. The molecule has 0 atom stereocenters. The lowest BCUT2D eigenvalue weighted by molar-refractivity contribution is -0.159. The first-order valence-electron chi connectivity index (χ1n) is 7.91. The van der Waals surface area contributed by atoms with Crippen LogP contribution < -0.4 is 10.6 Å². The van der Waals surface area contributed by atoms with Crippen LogP contribution in [-0.4, -0.2) is 50.2 Å². The van der Waals surface area contributed by atoms with E-state index in [1.807, 2.05) is 0 Å². The van der Waals surface area contributed by atoms with Crippen LogP contribution in [-0.2, 0) is 23.9 Å². The fourth-order valence-electron chi connectivity index (χ4n) is 2.40. The average molecular weight is 314 g/mol. The molecule has 0 bridgehead atoms. The SMILES string of the molecule is CCOC(=O)C(NC(=O)CCC1CCNCC1)C(=O)OCC. The summed E-state index contributed by atoms with van der Waals surface area (Å²) in [6.45, 7) is 5.50. The predicted octanol–water partition coefficient (Wildman–Crippen LogP) is 0.377. The summed E-state index contributed by atoms with van der Waals surface area (Å²) in [7, 11) is 0. The molecule has 0 unspecified atom stereocenters. The Balaban J connectivity index is 2.46. The highest BCUT2D eigenvalue weighted by molar-refractivity contribution is 6.02. The smallest absolute Gasteiger partial charge is 0.340 e. The maximum Gasteiger partial charge on any atom is 0.340 e. The molecule has 1 saturated heterocycles. The van der Waals surface area contributed by atoms with Gasteiger partial charge in [-0.3, -0.25) is 4.79 Å². The van der Waals surface area contributed by atoms with Crippen molar-refractivity contribution in [3.8, 4) is 0 Å². The van der Waals surface area contributed by atoms with Crippen molar-refractivity contribution in [2.24, 2.45) is 5.92 Å². The Kier molecular flexibility index (Phi) is 8.50. The van der Waals surface area contributed by atoms with E-state index in [2.05, 4.69) is 10.6 Å². The van der Waals surface area contributed by atoms with Crippen molar-refractivity contribution in [1.82, 2.24) is 10.6 Å². The Hall–Kier alpha value is -1.63. The largest absolute Gasteiger partial charge is 0.464 e. The van der Waals surface area contributed by atoms with Gasteiger partial charge >= 0.3 is 11.9 Å². The zero-order valence-electron chi connectivity index (χ0n) is 13.4. The standard InChI is InChI=1S/C15H26N2O5/c1-3-21-14(19)13(15(20)22-4-2)17-12(18)6-5-11-7-9-16-10-8-11/h11,13,16H,3-10H2,1-2H3,(H,17,18). The van der Waals surface area contributed by atoms with Crippen molar-refractivity contribution in [2.45, 2.75) is 45.6 Å². The van der Waals surface area contributed by atoms with Crippen LogP contribution in [0.15, 0.2) is 0 Å². The van der Waals surface area contributed by atoms with Crippen LogP contribution in [0.3, 0.4) is 0 Å². The Morgan fingerprint density at radius 1 is 1.09 bits per heavy atom. The molecular weight excluding hydrogens is 288 g/mol. The molecule has 0 radical (unpaired) electrons. The molecule has 126 valence electrons. The molecule has 2 N–H and O–H groups in total. The van der Waals surface area contributed by atoms with Crippen LogP contribution in [0.25, 0.3) is 0 Å². The fraction of sp³-hybridized carbons (Fsp3) is 0.800. The molecule has 1 rings (SSSR count). The first-order valence-corrected chi connectivity index (χ1v) is 7.91. The molecule has 0 aliphatic carbocycles. The number of nitrogens with one attached hydrogen (secondary N) is 2. The number of amides is 1. The van der Waals surface area contributed by atoms with Crippen molar-refractivity contribution >= 4 is 17.8 Å². The summed E-state index contributed by atoms with van der Waals surface area (Å²) >= 11 is 0. The van der Waals surface area contributed by atoms with E-state index in [1.165, 1.54) is 0 Å². The van der Waals surface area contributed by atoms with Gasteiger partial charge in [-0.05, 0) is 52.1 Å². The molecule has 1 fully saturated rings. The van der Waals surface area contributed by atoms with Gasteiger partial charge in [0.2, 0.25) is 11.9 Å². The summed E-state index contributed by atoms with van der Waals surface area (Å²) in [6, 6.07) is -1.37. The average Bonchev–Trinajstić information content (AvgIpc) is 2.52. The Morgan fingerprint density at radius 2 is 1.64 bits per heavy atom. The number of carbonyl (C=O) groups excluding carboxylic acids is 3. The number of rotatable bonds is 8. The van der Waals surface area contributed by atoms with E-state index >= 15 is 0 Å². The molecular formula is C15H26N2O5. The Morgan fingerprint density at radius 3 is 2.14 bits per heavy atom. The highest BCUT2D eigenvalue weighted by Crippen LogP contribution is 2.17. The van der Waals surface area contributed by atoms with E-state index in [0.717, 1.165) is 32.4 Å². The topological polar surface area (TPSA) is 93.7 Å². The molecule has 1 amide bonds. The molecule has 1 heterocycles. The molecule has 0 aromatic heterocycles. The predicted molar refractivity (Wildman–Crippen MR) is 80.0 cm³/mol. The highest BCUT2D eigenvalue weighted by atomic mass is 16.6. The zero-order valence-corrected chi connectivity index (χ0v) is 13.4. The van der Waals surface area contributed by atoms with Crippen molar-refractivity contribution in [2.75, 3.05) is 26.3 Å². The van der Waals surface area contributed by atoms with E-state index in [-0.39, 0.29) is 19.1 Å². The third-order valence-corrected chi connectivity index (χ3v) is 3.59. The molecule has 0 saturated carbocycles. The van der Waals surface area contributed by atoms with E-state index in [0.29, 0.717) is 12.3 Å². The maximum absolute atomic E-state index is 12.0. The van der Waals surface area contributed by atoms with E-state index in [4.69, 9.17) is 9.47 Å². The van der Waals surface area contributed by atoms with Crippen molar-refractivity contribution in [3.05, 3.63) is 0 Å². The highest BCUT2D eigenvalue weighted by Gasteiger charge is 2.31. The van der Waals surface area contributed by atoms with Gasteiger partial charge in [0.05, 0.1) is 13.2 Å². The fourth-order valence-corrected chi connectivity index (χ4v) is 2.40. The summed E-state index contributed by atoms with van der Waals surface area (Å²) in [4.78, 5) is 35.5. The van der Waals surface area contributed by atoms with Crippen molar-refractivity contribution < 1.29 is 23.9 Å². The van der Waals surface area contributed by atoms with Crippen LogP contribution in [0, 0.1) is 5.92 Å². The summed E-state index contributed by atoms with van der Waals surface area (Å²) in [5.74, 6) is -1.38. The van der Waals surface area contributed by atoms with Gasteiger partial charge in [0, 0.05) is 6.42 Å². The van der Waals surface area contributed by atoms with Crippen LogP contribution in [0.4, 0.5) is 0 Å². The van der Waals surface area contributed by atoms with Crippen LogP contribution >= 0.6 is 0 Å². The first kappa shape index (κ1) is 18.4. The van der Waals surface area contributed by atoms with Gasteiger partial charge in [-0.2, -0.15) is 0 Å². The zero-order chi connectivity index (χ0) is 16.4. The second kappa shape index (κ2) is 10.2. The van der Waals surface area contributed by atoms with Gasteiger partial charge in [-0.1, -0.05) is 0 Å². The maximum atomic E-state index is 12.0. The Labute approximate surface area is 131 Å². The number of hydrogen-bond donors (Lipinski definition) is 2. The lowest BCUT2D eigenvalue weighted by Gasteiger charge is -2.22. The van der Waals surface area contributed by atoms with Gasteiger partial charge in [-0.15, -0.1) is 0 Å². The number of carbonyl (C=O) groups is 3. The van der Waals surface area contributed by atoms with Gasteiger partial charge in [0.25, 0.3) is 0 Å².